The van der Waals surface area contributed by atoms with Gasteiger partial charge in [0, 0.05) is 50.6 Å². The Bertz CT molecular complexity index is 976. The fourth-order valence-corrected chi connectivity index (χ4v) is 5.29. The van der Waals surface area contributed by atoms with E-state index < -0.39 is 11.9 Å². The van der Waals surface area contributed by atoms with Crippen molar-refractivity contribution in [2.45, 2.75) is 45.1 Å². The molecule has 0 unspecified atom stereocenters. The van der Waals surface area contributed by atoms with Crippen LogP contribution >= 0.6 is 0 Å². The Labute approximate surface area is 195 Å². The number of fused-ring (bicyclic) bond motifs is 2. The number of rotatable bonds is 5. The molecule has 3 aliphatic rings. The first-order valence-corrected chi connectivity index (χ1v) is 11.8. The molecule has 0 saturated carbocycles. The van der Waals surface area contributed by atoms with Gasteiger partial charge < -0.3 is 15.1 Å². The first-order valence-electron chi connectivity index (χ1n) is 11.8. The number of aliphatic carboxylic acids is 2. The lowest BCUT2D eigenvalue weighted by Crippen LogP contribution is -2.46. The van der Waals surface area contributed by atoms with E-state index in [-0.39, 0.29) is 0 Å². The fraction of sp³-hybridized carbons (Fsp3) is 0.407. The van der Waals surface area contributed by atoms with Crippen molar-refractivity contribution in [1.29, 1.82) is 0 Å². The van der Waals surface area contributed by atoms with Gasteiger partial charge in [0.25, 0.3) is 0 Å². The lowest BCUT2D eigenvalue weighted by Gasteiger charge is -2.36. The smallest absolute Gasteiger partial charge is 0.328 e. The molecule has 1 saturated heterocycles. The van der Waals surface area contributed by atoms with Crippen molar-refractivity contribution in [1.82, 2.24) is 4.90 Å². The van der Waals surface area contributed by atoms with Crippen molar-refractivity contribution in [2.75, 3.05) is 31.1 Å². The summed E-state index contributed by atoms with van der Waals surface area (Å²) in [5.74, 6) is -2.51. The first-order chi connectivity index (χ1) is 16.0. The predicted molar refractivity (Wildman–Crippen MR) is 129 cm³/mol. The number of para-hydroxylation sites is 1. The Morgan fingerprint density at radius 3 is 1.85 bits per heavy atom. The monoisotopic (exact) mass is 448 g/mol. The largest absolute Gasteiger partial charge is 0.478 e. The highest BCUT2D eigenvalue weighted by molar-refractivity contribution is 5.89. The quantitative estimate of drug-likeness (QED) is 0.679. The van der Waals surface area contributed by atoms with Crippen LogP contribution in [0.2, 0.25) is 0 Å². The average Bonchev–Trinajstić information content (AvgIpc) is 3.48. The summed E-state index contributed by atoms with van der Waals surface area (Å²) in [5, 5.41) is 15.6. The second-order valence-corrected chi connectivity index (χ2v) is 8.95. The normalized spacial score (nSPS) is 17.4. The van der Waals surface area contributed by atoms with Gasteiger partial charge in [-0.15, -0.1) is 0 Å². The zero-order valence-corrected chi connectivity index (χ0v) is 19.0. The van der Waals surface area contributed by atoms with Crippen LogP contribution in [0.25, 0.3) is 0 Å². The molecule has 0 radical (unpaired) electrons. The van der Waals surface area contributed by atoms with E-state index in [9.17, 15) is 9.59 Å². The average molecular weight is 449 g/mol. The van der Waals surface area contributed by atoms with Crippen molar-refractivity contribution in [3.63, 3.8) is 0 Å². The summed E-state index contributed by atoms with van der Waals surface area (Å²) < 4.78 is 0. The number of hydrogen-bond acceptors (Lipinski definition) is 4. The summed E-state index contributed by atoms with van der Waals surface area (Å²) in [5.41, 5.74) is 9.92. The second-order valence-electron chi connectivity index (χ2n) is 8.95. The molecule has 2 aromatic rings. The number of piperazine rings is 1. The van der Waals surface area contributed by atoms with Crippen molar-refractivity contribution in [3.05, 3.63) is 76.4 Å². The number of carboxylic acid groups (broad SMARTS) is 2. The number of anilines is 1. The summed E-state index contributed by atoms with van der Waals surface area (Å²) in [6, 6.07) is 13.5. The van der Waals surface area contributed by atoms with Crippen LogP contribution in [0.5, 0.6) is 0 Å². The van der Waals surface area contributed by atoms with Crippen LogP contribution in [0, 0.1) is 0 Å². The number of carbonyl (C=O) groups is 2. The second kappa shape index (κ2) is 10.7. The maximum Gasteiger partial charge on any atom is 0.328 e. The summed E-state index contributed by atoms with van der Waals surface area (Å²) in [6.45, 7) is 5.87. The molecular weight excluding hydrogens is 416 g/mol. The van der Waals surface area contributed by atoms with Gasteiger partial charge in [0.1, 0.15) is 0 Å². The minimum absolute atomic E-state index is 0.558. The van der Waals surface area contributed by atoms with Gasteiger partial charge in [-0.2, -0.15) is 0 Å². The van der Waals surface area contributed by atoms with Crippen LogP contribution in [0.3, 0.4) is 0 Å². The molecule has 1 heterocycles. The molecule has 6 heteroatoms. The Balaban J connectivity index is 0.000000281. The van der Waals surface area contributed by atoms with Crippen LogP contribution < -0.4 is 4.90 Å². The molecule has 174 valence electrons. The molecule has 0 atom stereocenters. The van der Waals surface area contributed by atoms with Gasteiger partial charge in [-0.05, 0) is 78.5 Å². The number of benzene rings is 2. The van der Waals surface area contributed by atoms with E-state index in [0.717, 1.165) is 13.1 Å². The van der Waals surface area contributed by atoms with E-state index in [1.54, 1.807) is 27.8 Å². The number of aryl methyl sites for hydroxylation is 2. The lowest BCUT2D eigenvalue weighted by molar-refractivity contribution is -0.134. The van der Waals surface area contributed by atoms with Crippen LogP contribution in [-0.2, 0) is 41.8 Å². The van der Waals surface area contributed by atoms with Crippen LogP contribution in [0.4, 0.5) is 5.69 Å². The number of hydrogen-bond donors (Lipinski definition) is 2. The SMILES string of the molecule is O=C(O)C=CC(=O)O.c1ccc(N2CCN(Cc3c4c(cc5c3CCC5)CCC4)CC2)cc1. The Morgan fingerprint density at radius 1 is 0.788 bits per heavy atom. The molecule has 2 aliphatic carbocycles. The third-order valence-corrected chi connectivity index (χ3v) is 6.84. The summed E-state index contributed by atoms with van der Waals surface area (Å²) in [7, 11) is 0. The topological polar surface area (TPSA) is 81.1 Å². The fourth-order valence-electron chi connectivity index (χ4n) is 5.29. The minimum Gasteiger partial charge on any atom is -0.478 e. The van der Waals surface area contributed by atoms with Gasteiger partial charge >= 0.3 is 11.9 Å². The van der Waals surface area contributed by atoms with Crippen molar-refractivity contribution in [3.8, 4) is 0 Å². The third kappa shape index (κ3) is 5.82. The van der Waals surface area contributed by atoms with Gasteiger partial charge in [0.05, 0.1) is 0 Å². The maximum atomic E-state index is 9.55. The van der Waals surface area contributed by atoms with Gasteiger partial charge in [-0.1, -0.05) is 24.3 Å². The van der Waals surface area contributed by atoms with Crippen LogP contribution in [-0.4, -0.2) is 53.2 Å². The van der Waals surface area contributed by atoms with Gasteiger partial charge in [-0.25, -0.2) is 9.59 Å². The molecular formula is C27H32N2O4. The van der Waals surface area contributed by atoms with E-state index in [0.29, 0.717) is 12.2 Å². The lowest BCUT2D eigenvalue weighted by atomic mass is 9.93. The molecule has 0 bridgehead atoms. The number of carboxylic acids is 2. The molecule has 0 amide bonds. The van der Waals surface area contributed by atoms with Crippen molar-refractivity contribution >= 4 is 17.6 Å². The zero-order valence-electron chi connectivity index (χ0n) is 19.0. The van der Waals surface area contributed by atoms with E-state index in [1.807, 2.05) is 0 Å². The highest BCUT2D eigenvalue weighted by Crippen LogP contribution is 2.36. The standard InChI is InChI=1S/C23H28N2.C4H4O4/c1-2-8-20(9-3-1)25-14-12-24(13-15-25)17-23-21-10-4-6-18(21)16-19-7-5-11-22(19)23;5-3(6)1-2-4(7)8/h1-3,8-9,16H,4-7,10-15,17H2;1-2H,(H,5,6)(H,7,8). The van der Waals surface area contributed by atoms with E-state index in [1.165, 1.54) is 63.8 Å². The summed E-state index contributed by atoms with van der Waals surface area (Å²) >= 11 is 0. The summed E-state index contributed by atoms with van der Waals surface area (Å²) in [4.78, 5) is 24.3. The van der Waals surface area contributed by atoms with E-state index >= 15 is 0 Å². The Kier molecular flexibility index (Phi) is 7.45. The van der Waals surface area contributed by atoms with Gasteiger partial charge in [0.2, 0.25) is 0 Å². The molecule has 0 spiro atoms. The van der Waals surface area contributed by atoms with Crippen molar-refractivity contribution < 1.29 is 19.8 Å². The van der Waals surface area contributed by atoms with E-state index in [4.69, 9.17) is 10.2 Å². The minimum atomic E-state index is -1.26. The Morgan fingerprint density at radius 2 is 1.33 bits per heavy atom. The molecule has 5 rings (SSSR count). The predicted octanol–water partition coefficient (Wildman–Crippen LogP) is 3.70. The molecule has 33 heavy (non-hydrogen) atoms. The number of nitrogens with zero attached hydrogens (tertiary/aromatic N) is 2. The van der Waals surface area contributed by atoms with Crippen LogP contribution in [0.15, 0.2) is 48.6 Å². The maximum absolute atomic E-state index is 9.55. The Hall–Kier alpha value is -3.12. The highest BCUT2D eigenvalue weighted by Gasteiger charge is 2.26. The van der Waals surface area contributed by atoms with Crippen molar-refractivity contribution in [2.24, 2.45) is 0 Å². The molecule has 1 aliphatic heterocycles. The highest BCUT2D eigenvalue weighted by atomic mass is 16.4. The van der Waals surface area contributed by atoms with Gasteiger partial charge in [0.15, 0.2) is 0 Å². The molecule has 2 aromatic carbocycles. The van der Waals surface area contributed by atoms with Crippen LogP contribution in [0.1, 0.15) is 40.7 Å². The molecule has 1 fully saturated rings. The first kappa shape index (κ1) is 23.1. The zero-order chi connectivity index (χ0) is 23.2. The third-order valence-electron chi connectivity index (χ3n) is 6.84. The molecule has 0 aromatic heterocycles. The molecule has 6 nitrogen and oxygen atoms in total. The summed E-state index contributed by atoms with van der Waals surface area (Å²) in [6.07, 6.45) is 9.13. The molecule has 2 N–H and O–H groups in total. The van der Waals surface area contributed by atoms with E-state index in [2.05, 4.69) is 46.2 Å². The van der Waals surface area contributed by atoms with Gasteiger partial charge in [-0.3, -0.25) is 4.90 Å².